The van der Waals surface area contributed by atoms with Crippen LogP contribution in [-0.4, -0.2) is 21.3 Å². The monoisotopic (exact) mass is 305 g/mol. The summed E-state index contributed by atoms with van der Waals surface area (Å²) in [6.45, 7) is 10.5. The van der Waals surface area contributed by atoms with Crippen LogP contribution in [0.1, 0.15) is 53.2 Å². The summed E-state index contributed by atoms with van der Waals surface area (Å²) >= 11 is 0. The zero-order valence-corrected chi connectivity index (χ0v) is 14.5. The predicted octanol–water partition coefficient (Wildman–Crippen LogP) is 3.60. The molecule has 3 heteroatoms. The molecule has 1 aliphatic carbocycles. The van der Waals surface area contributed by atoms with Crippen LogP contribution in [0, 0.1) is 29.6 Å². The van der Waals surface area contributed by atoms with E-state index in [2.05, 4.69) is 25.8 Å². The van der Waals surface area contributed by atoms with Gasteiger partial charge < -0.3 is 10.2 Å². The van der Waals surface area contributed by atoms with Gasteiger partial charge in [-0.05, 0) is 48.6 Å². The molecule has 1 aromatic rings. The molecule has 0 aromatic carbocycles. The molecular weight excluding hydrogens is 274 g/mol. The minimum atomic E-state index is -1.06. The minimum Gasteiger partial charge on any atom is -0.392 e. The van der Waals surface area contributed by atoms with Gasteiger partial charge in [0.05, 0.1) is 11.8 Å². The van der Waals surface area contributed by atoms with Gasteiger partial charge in [-0.25, -0.2) is 0 Å². The third-order valence-corrected chi connectivity index (χ3v) is 5.55. The van der Waals surface area contributed by atoms with Crippen LogP contribution in [0.2, 0.25) is 0 Å². The highest BCUT2D eigenvalue weighted by Crippen LogP contribution is 2.52. The van der Waals surface area contributed by atoms with Crippen LogP contribution in [0.3, 0.4) is 0 Å². The first-order valence-corrected chi connectivity index (χ1v) is 8.62. The Hall–Kier alpha value is -0.930. The Balaban J connectivity index is 2.55. The maximum absolute atomic E-state index is 11.8. The van der Waals surface area contributed by atoms with Crippen molar-refractivity contribution in [3.8, 4) is 0 Å². The summed E-state index contributed by atoms with van der Waals surface area (Å²) in [5.74, 6) is 0.690. The van der Waals surface area contributed by atoms with E-state index < -0.39 is 11.7 Å². The molecule has 0 amide bonds. The quantitative estimate of drug-likeness (QED) is 0.893. The standard InChI is InChI=1S/C19H31NO2/c1-12(2)15-10-9-14(5)17(18(21)13(3)4)19(15,22)16-8-6-7-11-20-16/h6-8,11-15,17-18,21-22H,9-10H2,1-5H3/t14-,15-,17-,18-,19-/m1/s1. The van der Waals surface area contributed by atoms with E-state index in [9.17, 15) is 10.2 Å². The normalized spacial score (nSPS) is 34.1. The van der Waals surface area contributed by atoms with E-state index in [4.69, 9.17) is 0 Å². The smallest absolute Gasteiger partial charge is 0.115 e. The molecule has 124 valence electrons. The molecule has 2 N–H and O–H groups in total. The molecule has 0 unspecified atom stereocenters. The highest BCUT2D eigenvalue weighted by atomic mass is 16.3. The summed E-state index contributed by atoms with van der Waals surface area (Å²) in [6.07, 6.45) is 3.24. The molecule has 0 aliphatic heterocycles. The minimum absolute atomic E-state index is 0.119. The Morgan fingerprint density at radius 2 is 1.86 bits per heavy atom. The van der Waals surface area contributed by atoms with E-state index in [1.807, 2.05) is 32.0 Å². The van der Waals surface area contributed by atoms with Crippen molar-refractivity contribution in [1.29, 1.82) is 0 Å². The van der Waals surface area contributed by atoms with Crippen molar-refractivity contribution < 1.29 is 10.2 Å². The van der Waals surface area contributed by atoms with Crippen molar-refractivity contribution >= 4 is 0 Å². The van der Waals surface area contributed by atoms with Gasteiger partial charge in [-0.2, -0.15) is 0 Å². The molecule has 0 saturated heterocycles. The average Bonchev–Trinajstić information content (AvgIpc) is 2.47. The van der Waals surface area contributed by atoms with Gasteiger partial charge in [-0.15, -0.1) is 0 Å². The fourth-order valence-corrected chi connectivity index (χ4v) is 4.34. The number of aliphatic hydroxyl groups is 2. The van der Waals surface area contributed by atoms with Gasteiger partial charge in [-0.3, -0.25) is 4.98 Å². The molecule has 1 saturated carbocycles. The summed E-state index contributed by atoms with van der Waals surface area (Å²) in [7, 11) is 0. The molecule has 1 fully saturated rings. The van der Waals surface area contributed by atoms with Crippen LogP contribution in [0.15, 0.2) is 24.4 Å². The fourth-order valence-electron chi connectivity index (χ4n) is 4.34. The van der Waals surface area contributed by atoms with E-state index in [1.54, 1.807) is 6.20 Å². The summed E-state index contributed by atoms with van der Waals surface area (Å²) in [6, 6.07) is 5.71. The molecule has 1 aromatic heterocycles. The summed E-state index contributed by atoms with van der Waals surface area (Å²) in [5.41, 5.74) is -0.346. The van der Waals surface area contributed by atoms with Crippen molar-refractivity contribution in [3.05, 3.63) is 30.1 Å². The highest BCUT2D eigenvalue weighted by molar-refractivity contribution is 5.19. The van der Waals surface area contributed by atoms with Crippen molar-refractivity contribution in [2.75, 3.05) is 0 Å². The molecule has 2 rings (SSSR count). The molecule has 1 heterocycles. The lowest BCUT2D eigenvalue weighted by Gasteiger charge is -2.52. The molecule has 0 spiro atoms. The molecule has 1 aliphatic rings. The lowest BCUT2D eigenvalue weighted by Crippen LogP contribution is -2.56. The van der Waals surface area contributed by atoms with Gasteiger partial charge in [0, 0.05) is 12.1 Å². The molecule has 22 heavy (non-hydrogen) atoms. The third-order valence-electron chi connectivity index (χ3n) is 5.55. The Labute approximate surface area is 134 Å². The lowest BCUT2D eigenvalue weighted by atomic mass is 9.57. The molecule has 0 bridgehead atoms. The first-order chi connectivity index (χ1) is 10.3. The van der Waals surface area contributed by atoms with Crippen molar-refractivity contribution in [3.63, 3.8) is 0 Å². The second kappa shape index (κ2) is 6.67. The fraction of sp³-hybridized carbons (Fsp3) is 0.737. The topological polar surface area (TPSA) is 53.4 Å². The SMILES string of the molecule is CC(C)[C@@H](O)[C@H]1[C@H](C)CC[C@H](C(C)C)[C@@]1(O)c1ccccn1. The molecule has 5 atom stereocenters. The largest absolute Gasteiger partial charge is 0.392 e. The highest BCUT2D eigenvalue weighted by Gasteiger charge is 2.54. The van der Waals surface area contributed by atoms with E-state index in [-0.39, 0.29) is 23.7 Å². The second-order valence-electron chi connectivity index (χ2n) is 7.71. The predicted molar refractivity (Wildman–Crippen MR) is 89.2 cm³/mol. The summed E-state index contributed by atoms with van der Waals surface area (Å²) in [5, 5.41) is 22.6. The zero-order chi connectivity index (χ0) is 16.5. The van der Waals surface area contributed by atoms with Gasteiger partial charge in [0.15, 0.2) is 0 Å². The van der Waals surface area contributed by atoms with Crippen LogP contribution >= 0.6 is 0 Å². The molecule has 3 nitrogen and oxygen atoms in total. The van der Waals surface area contributed by atoms with Gasteiger partial charge in [0.1, 0.15) is 5.60 Å². The first-order valence-electron chi connectivity index (χ1n) is 8.62. The number of aliphatic hydroxyl groups excluding tert-OH is 1. The van der Waals surface area contributed by atoms with Crippen molar-refractivity contribution in [2.45, 2.75) is 59.2 Å². The lowest BCUT2D eigenvalue weighted by molar-refractivity contribution is -0.179. The van der Waals surface area contributed by atoms with Crippen LogP contribution in [-0.2, 0) is 5.60 Å². The zero-order valence-electron chi connectivity index (χ0n) is 14.5. The summed E-state index contributed by atoms with van der Waals surface area (Å²) < 4.78 is 0. The van der Waals surface area contributed by atoms with Gasteiger partial charge in [-0.1, -0.05) is 40.7 Å². The van der Waals surface area contributed by atoms with Crippen LogP contribution in [0.25, 0.3) is 0 Å². The van der Waals surface area contributed by atoms with E-state index in [0.29, 0.717) is 11.6 Å². The first kappa shape index (κ1) is 17.4. The van der Waals surface area contributed by atoms with Crippen LogP contribution < -0.4 is 0 Å². The molecular formula is C19H31NO2. The Morgan fingerprint density at radius 1 is 1.18 bits per heavy atom. The second-order valence-corrected chi connectivity index (χ2v) is 7.71. The summed E-state index contributed by atoms with van der Waals surface area (Å²) in [4.78, 5) is 4.47. The van der Waals surface area contributed by atoms with Crippen LogP contribution in [0.4, 0.5) is 0 Å². The third kappa shape index (κ3) is 2.93. The van der Waals surface area contributed by atoms with E-state index in [0.717, 1.165) is 12.8 Å². The maximum atomic E-state index is 11.8. The number of pyridine rings is 1. The Bertz CT molecular complexity index is 474. The number of rotatable bonds is 4. The van der Waals surface area contributed by atoms with Gasteiger partial charge in [0.25, 0.3) is 0 Å². The van der Waals surface area contributed by atoms with Gasteiger partial charge >= 0.3 is 0 Å². The maximum Gasteiger partial charge on any atom is 0.115 e. The van der Waals surface area contributed by atoms with E-state index in [1.165, 1.54) is 0 Å². The van der Waals surface area contributed by atoms with Crippen molar-refractivity contribution in [1.82, 2.24) is 4.98 Å². The number of hydrogen-bond donors (Lipinski definition) is 2. The molecule has 0 radical (unpaired) electrons. The number of nitrogens with zero attached hydrogens (tertiary/aromatic N) is 1. The van der Waals surface area contributed by atoms with Gasteiger partial charge in [0.2, 0.25) is 0 Å². The van der Waals surface area contributed by atoms with Crippen LogP contribution in [0.5, 0.6) is 0 Å². The van der Waals surface area contributed by atoms with Crippen molar-refractivity contribution in [2.24, 2.45) is 29.6 Å². The number of hydrogen-bond acceptors (Lipinski definition) is 3. The Morgan fingerprint density at radius 3 is 2.36 bits per heavy atom. The number of aromatic nitrogens is 1. The average molecular weight is 305 g/mol. The van der Waals surface area contributed by atoms with E-state index >= 15 is 0 Å². The Kier molecular flexibility index (Phi) is 5.29.